The topological polar surface area (TPSA) is 30.0 Å². The van der Waals surface area contributed by atoms with Gasteiger partial charge in [0.05, 0.1) is 5.52 Å². The highest BCUT2D eigenvalue weighted by Gasteiger charge is 2.16. The maximum absolute atomic E-state index is 13.1. The molecule has 110 valence electrons. The van der Waals surface area contributed by atoms with E-state index >= 15 is 0 Å². The van der Waals surface area contributed by atoms with Gasteiger partial charge in [-0.05, 0) is 23.9 Å². The number of benzene rings is 3. The van der Waals surface area contributed by atoms with Gasteiger partial charge >= 0.3 is 0 Å². The SMILES string of the molecule is Cc1ccccc1C(=O)c1cccc2ccc3cccnc3c12. The van der Waals surface area contributed by atoms with Gasteiger partial charge in [-0.2, -0.15) is 0 Å². The van der Waals surface area contributed by atoms with Crippen LogP contribution >= 0.6 is 0 Å². The first kappa shape index (κ1) is 13.6. The predicted molar refractivity (Wildman–Crippen MR) is 93.9 cm³/mol. The van der Waals surface area contributed by atoms with Crippen LogP contribution in [0.2, 0.25) is 0 Å². The lowest BCUT2D eigenvalue weighted by Crippen LogP contribution is -2.04. The first-order valence-electron chi connectivity index (χ1n) is 7.62. The van der Waals surface area contributed by atoms with Crippen LogP contribution in [0.4, 0.5) is 0 Å². The Balaban J connectivity index is 2.06. The number of aryl methyl sites for hydroxylation is 1. The van der Waals surface area contributed by atoms with Crippen LogP contribution in [0, 0.1) is 6.92 Å². The summed E-state index contributed by atoms with van der Waals surface area (Å²) in [6, 6.07) is 21.6. The standard InChI is InChI=1S/C21H15NO/c1-14-6-2-3-9-17(14)21(23)18-10-4-7-15-11-12-16-8-5-13-22-20(16)19(15)18/h2-13H,1H3. The van der Waals surface area contributed by atoms with Gasteiger partial charge in [0.15, 0.2) is 5.78 Å². The number of carbonyl (C=O) groups is 1. The zero-order valence-electron chi connectivity index (χ0n) is 12.8. The molecule has 0 radical (unpaired) electrons. The van der Waals surface area contributed by atoms with Gasteiger partial charge in [0.25, 0.3) is 0 Å². The number of ketones is 1. The molecule has 0 fully saturated rings. The van der Waals surface area contributed by atoms with Gasteiger partial charge in [-0.1, -0.05) is 60.7 Å². The smallest absolute Gasteiger partial charge is 0.193 e. The highest BCUT2D eigenvalue weighted by atomic mass is 16.1. The molecule has 4 aromatic rings. The van der Waals surface area contributed by atoms with E-state index in [1.807, 2.05) is 73.7 Å². The Labute approximate surface area is 134 Å². The minimum Gasteiger partial charge on any atom is -0.289 e. The van der Waals surface area contributed by atoms with E-state index in [9.17, 15) is 4.79 Å². The average molecular weight is 297 g/mol. The molecule has 0 aliphatic rings. The maximum Gasteiger partial charge on any atom is 0.193 e. The first-order valence-corrected chi connectivity index (χ1v) is 7.62. The summed E-state index contributed by atoms with van der Waals surface area (Å²) >= 11 is 0. The second kappa shape index (κ2) is 5.33. The average Bonchev–Trinajstić information content (AvgIpc) is 2.61. The molecule has 2 nitrogen and oxygen atoms in total. The molecule has 0 saturated carbocycles. The lowest BCUT2D eigenvalue weighted by Gasteiger charge is -2.10. The Morgan fingerprint density at radius 3 is 2.39 bits per heavy atom. The quantitative estimate of drug-likeness (QED) is 0.388. The normalized spacial score (nSPS) is 11.0. The van der Waals surface area contributed by atoms with Gasteiger partial charge in [-0.25, -0.2) is 0 Å². The van der Waals surface area contributed by atoms with Crippen molar-refractivity contribution in [3.8, 4) is 0 Å². The van der Waals surface area contributed by atoms with E-state index in [2.05, 4.69) is 4.98 Å². The van der Waals surface area contributed by atoms with Crippen molar-refractivity contribution in [2.75, 3.05) is 0 Å². The van der Waals surface area contributed by atoms with E-state index in [-0.39, 0.29) is 5.78 Å². The van der Waals surface area contributed by atoms with Crippen LogP contribution in [-0.4, -0.2) is 10.8 Å². The molecule has 0 atom stereocenters. The van der Waals surface area contributed by atoms with Crippen LogP contribution in [0.25, 0.3) is 21.7 Å². The Morgan fingerprint density at radius 1 is 0.783 bits per heavy atom. The van der Waals surface area contributed by atoms with Crippen molar-refractivity contribution in [3.05, 3.63) is 89.6 Å². The molecule has 1 aromatic heterocycles. The van der Waals surface area contributed by atoms with Gasteiger partial charge in [-0.15, -0.1) is 0 Å². The third kappa shape index (κ3) is 2.20. The summed E-state index contributed by atoms with van der Waals surface area (Å²) in [4.78, 5) is 17.6. The summed E-state index contributed by atoms with van der Waals surface area (Å²) in [6.07, 6.45) is 1.77. The zero-order chi connectivity index (χ0) is 15.8. The van der Waals surface area contributed by atoms with E-state index in [0.717, 1.165) is 32.8 Å². The number of carbonyl (C=O) groups excluding carboxylic acids is 1. The van der Waals surface area contributed by atoms with Crippen LogP contribution in [0.5, 0.6) is 0 Å². The number of nitrogens with zero attached hydrogens (tertiary/aromatic N) is 1. The molecule has 0 amide bonds. The van der Waals surface area contributed by atoms with Crippen molar-refractivity contribution in [1.82, 2.24) is 4.98 Å². The van der Waals surface area contributed by atoms with Crippen molar-refractivity contribution < 1.29 is 4.79 Å². The van der Waals surface area contributed by atoms with Crippen LogP contribution in [0.1, 0.15) is 21.5 Å². The maximum atomic E-state index is 13.1. The number of rotatable bonds is 2. The van der Waals surface area contributed by atoms with Crippen LogP contribution < -0.4 is 0 Å². The fourth-order valence-electron chi connectivity index (χ4n) is 3.08. The minimum atomic E-state index is 0.0480. The molecular weight excluding hydrogens is 282 g/mol. The van der Waals surface area contributed by atoms with Crippen LogP contribution in [0.3, 0.4) is 0 Å². The Morgan fingerprint density at radius 2 is 1.52 bits per heavy atom. The summed E-state index contributed by atoms with van der Waals surface area (Å²) < 4.78 is 0. The number of pyridine rings is 1. The molecular formula is C21H15NO. The van der Waals surface area contributed by atoms with Gasteiger partial charge in [0, 0.05) is 28.1 Å². The molecule has 23 heavy (non-hydrogen) atoms. The third-order valence-electron chi connectivity index (χ3n) is 4.25. The molecule has 0 bridgehead atoms. The molecule has 2 heteroatoms. The molecule has 0 aliphatic carbocycles. The summed E-state index contributed by atoms with van der Waals surface area (Å²) in [5.41, 5.74) is 3.32. The number of fused-ring (bicyclic) bond motifs is 3. The molecule has 3 aromatic carbocycles. The highest BCUT2D eigenvalue weighted by Crippen LogP contribution is 2.28. The Kier molecular flexibility index (Phi) is 3.16. The third-order valence-corrected chi connectivity index (χ3v) is 4.25. The molecule has 1 heterocycles. The lowest BCUT2D eigenvalue weighted by atomic mass is 9.93. The first-order chi connectivity index (χ1) is 11.3. The van der Waals surface area contributed by atoms with E-state index < -0.39 is 0 Å². The highest BCUT2D eigenvalue weighted by molar-refractivity contribution is 6.22. The van der Waals surface area contributed by atoms with E-state index in [4.69, 9.17) is 0 Å². The van der Waals surface area contributed by atoms with E-state index in [1.54, 1.807) is 6.20 Å². The largest absolute Gasteiger partial charge is 0.289 e. The summed E-state index contributed by atoms with van der Waals surface area (Å²) in [5.74, 6) is 0.0480. The van der Waals surface area contributed by atoms with Crippen molar-refractivity contribution >= 4 is 27.5 Å². The van der Waals surface area contributed by atoms with E-state index in [1.165, 1.54) is 0 Å². The van der Waals surface area contributed by atoms with Crippen molar-refractivity contribution in [2.45, 2.75) is 6.92 Å². The monoisotopic (exact) mass is 297 g/mol. The second-order valence-electron chi connectivity index (χ2n) is 5.69. The van der Waals surface area contributed by atoms with Crippen molar-refractivity contribution in [3.63, 3.8) is 0 Å². The Hall–Kier alpha value is -3.00. The van der Waals surface area contributed by atoms with Gasteiger partial charge < -0.3 is 0 Å². The van der Waals surface area contributed by atoms with E-state index in [0.29, 0.717) is 5.56 Å². The molecule has 0 saturated heterocycles. The molecule has 0 spiro atoms. The molecule has 4 rings (SSSR count). The number of aromatic nitrogens is 1. The Bertz CT molecular complexity index is 1050. The fraction of sp³-hybridized carbons (Fsp3) is 0.0476. The number of hydrogen-bond acceptors (Lipinski definition) is 2. The van der Waals surface area contributed by atoms with Crippen LogP contribution in [-0.2, 0) is 0 Å². The van der Waals surface area contributed by atoms with Gasteiger partial charge in [-0.3, -0.25) is 9.78 Å². The number of hydrogen-bond donors (Lipinski definition) is 0. The predicted octanol–water partition coefficient (Wildman–Crippen LogP) is 4.93. The van der Waals surface area contributed by atoms with Crippen LogP contribution in [0.15, 0.2) is 72.9 Å². The summed E-state index contributed by atoms with van der Waals surface area (Å²) in [5, 5.41) is 3.01. The molecule has 0 unspecified atom stereocenters. The summed E-state index contributed by atoms with van der Waals surface area (Å²) in [7, 11) is 0. The zero-order valence-corrected chi connectivity index (χ0v) is 12.8. The second-order valence-corrected chi connectivity index (χ2v) is 5.69. The van der Waals surface area contributed by atoms with Gasteiger partial charge in [0.1, 0.15) is 0 Å². The minimum absolute atomic E-state index is 0.0480. The van der Waals surface area contributed by atoms with Crippen molar-refractivity contribution in [2.24, 2.45) is 0 Å². The van der Waals surface area contributed by atoms with Gasteiger partial charge in [0.2, 0.25) is 0 Å². The fourth-order valence-corrected chi connectivity index (χ4v) is 3.08. The molecule has 0 N–H and O–H groups in total. The lowest BCUT2D eigenvalue weighted by molar-refractivity contribution is 0.104. The molecule has 0 aliphatic heterocycles. The van der Waals surface area contributed by atoms with Crippen molar-refractivity contribution in [1.29, 1.82) is 0 Å². The summed E-state index contributed by atoms with van der Waals surface area (Å²) in [6.45, 7) is 1.97.